The molecule has 7 nitrogen and oxygen atoms in total. The minimum absolute atomic E-state index is 0.0997. The van der Waals surface area contributed by atoms with Crippen LogP contribution >= 0.6 is 23.1 Å². The minimum atomic E-state index is -3.59. The van der Waals surface area contributed by atoms with Gasteiger partial charge in [-0.3, -0.25) is 0 Å². The molecule has 3 rings (SSSR count). The van der Waals surface area contributed by atoms with Crippen LogP contribution in [0.25, 0.3) is 0 Å². The van der Waals surface area contributed by atoms with Gasteiger partial charge < -0.3 is 9.73 Å². The molecule has 2 heterocycles. The van der Waals surface area contributed by atoms with E-state index in [0.717, 1.165) is 4.31 Å². The lowest BCUT2D eigenvalue weighted by Crippen LogP contribution is -2.21. The normalized spacial score (nSPS) is 11.8. The van der Waals surface area contributed by atoms with Crippen LogP contribution in [0.5, 0.6) is 0 Å². The Balaban J connectivity index is 1.62. The van der Waals surface area contributed by atoms with E-state index in [0.29, 0.717) is 26.7 Å². The Hall–Kier alpha value is -1.95. The summed E-state index contributed by atoms with van der Waals surface area (Å²) >= 11 is 2.62. The third-order valence-corrected chi connectivity index (χ3v) is 6.92. The molecule has 0 aliphatic rings. The molecule has 2 aromatic heterocycles. The van der Waals surface area contributed by atoms with Crippen LogP contribution in [0.2, 0.25) is 0 Å². The number of thioether (sulfide) groups is 1. The summed E-state index contributed by atoms with van der Waals surface area (Å²) in [4.78, 5) is 0. The summed E-state index contributed by atoms with van der Waals surface area (Å²) in [6.07, 6.45) is 0. The minimum Gasteiger partial charge on any atom is -0.447 e. The van der Waals surface area contributed by atoms with Crippen LogP contribution in [0.4, 0.5) is 15.2 Å². The van der Waals surface area contributed by atoms with Crippen molar-refractivity contribution in [3.63, 3.8) is 0 Å². The Morgan fingerprint density at radius 3 is 2.73 bits per heavy atom. The fourth-order valence-electron chi connectivity index (χ4n) is 1.88. The number of anilines is 2. The second-order valence-corrected chi connectivity index (χ2v) is 9.56. The summed E-state index contributed by atoms with van der Waals surface area (Å²) in [5, 5.41) is 11.2. The second-order valence-electron chi connectivity index (χ2n) is 5.27. The number of nitrogens with one attached hydrogen (secondary N) is 1. The van der Waals surface area contributed by atoms with Crippen LogP contribution in [-0.4, -0.2) is 37.0 Å². The van der Waals surface area contributed by atoms with Gasteiger partial charge in [0.25, 0.3) is 10.0 Å². The first kappa shape index (κ1) is 18.8. The van der Waals surface area contributed by atoms with Crippen LogP contribution in [0.3, 0.4) is 0 Å². The third kappa shape index (κ3) is 4.23. The number of nitrogens with zero attached hydrogens (tertiary/aromatic N) is 3. The monoisotopic (exact) mass is 414 g/mol. The summed E-state index contributed by atoms with van der Waals surface area (Å²) in [5.41, 5.74) is 0.324. The lowest BCUT2D eigenvalue weighted by molar-refractivity contribution is 0.408. The van der Waals surface area contributed by atoms with E-state index in [1.54, 1.807) is 24.3 Å². The van der Waals surface area contributed by atoms with E-state index in [1.165, 1.54) is 49.3 Å². The molecule has 0 aliphatic carbocycles. The molecule has 0 aliphatic heterocycles. The fraction of sp³-hybridized carbons (Fsp3) is 0.200. The molecule has 3 aromatic rings. The number of halogens is 1. The quantitative estimate of drug-likeness (QED) is 0.591. The van der Waals surface area contributed by atoms with Gasteiger partial charge in [0, 0.05) is 14.1 Å². The highest BCUT2D eigenvalue weighted by Gasteiger charge is 2.21. The van der Waals surface area contributed by atoms with Gasteiger partial charge in [0.15, 0.2) is 4.34 Å². The van der Waals surface area contributed by atoms with Gasteiger partial charge in [-0.25, -0.2) is 17.1 Å². The molecule has 0 saturated heterocycles. The lowest BCUT2D eigenvalue weighted by Gasteiger charge is -2.07. The molecule has 0 fully saturated rings. The summed E-state index contributed by atoms with van der Waals surface area (Å²) in [5.74, 6) is 0.536. The van der Waals surface area contributed by atoms with Crippen LogP contribution in [0.15, 0.2) is 50.2 Å². The molecule has 26 heavy (non-hydrogen) atoms. The Kier molecular flexibility index (Phi) is 5.61. The zero-order valence-corrected chi connectivity index (χ0v) is 16.3. The molecule has 0 saturated carbocycles. The summed E-state index contributed by atoms with van der Waals surface area (Å²) in [6.45, 7) is 0. The molecular weight excluding hydrogens is 399 g/mol. The number of hydrogen-bond acceptors (Lipinski definition) is 8. The maximum Gasteiger partial charge on any atom is 0.275 e. The number of benzene rings is 1. The highest BCUT2D eigenvalue weighted by molar-refractivity contribution is 8.00. The molecule has 0 radical (unpaired) electrons. The molecular formula is C15H15FN4O3S3. The highest BCUT2D eigenvalue weighted by Crippen LogP contribution is 2.31. The van der Waals surface area contributed by atoms with Crippen LogP contribution in [0.1, 0.15) is 5.76 Å². The fourth-order valence-corrected chi connectivity index (χ4v) is 4.35. The second kappa shape index (κ2) is 7.74. The standard InChI is InChI=1S/C15H15FN4O3S3/c1-20(2)26(21,22)13-8-7-10(23-13)9-24-15-19-18-14(25-15)17-12-6-4-3-5-11(12)16/h3-8H,9H2,1-2H3,(H,17,18). The molecule has 0 atom stereocenters. The summed E-state index contributed by atoms with van der Waals surface area (Å²) in [7, 11) is -0.703. The van der Waals surface area contributed by atoms with E-state index < -0.39 is 10.0 Å². The zero-order chi connectivity index (χ0) is 18.7. The summed E-state index contributed by atoms with van der Waals surface area (Å²) < 4.78 is 44.7. The number of rotatable bonds is 7. The van der Waals surface area contributed by atoms with Crippen molar-refractivity contribution in [3.8, 4) is 0 Å². The predicted octanol–water partition coefficient (Wildman–Crippen LogP) is 3.56. The first-order valence-corrected chi connectivity index (χ1v) is 10.6. The Morgan fingerprint density at radius 2 is 2.00 bits per heavy atom. The van der Waals surface area contributed by atoms with E-state index in [-0.39, 0.29) is 10.9 Å². The molecule has 11 heteroatoms. The van der Waals surface area contributed by atoms with Crippen molar-refractivity contribution in [1.82, 2.24) is 14.5 Å². The topological polar surface area (TPSA) is 88.3 Å². The van der Waals surface area contributed by atoms with Gasteiger partial charge in [-0.2, -0.15) is 0 Å². The smallest absolute Gasteiger partial charge is 0.275 e. The van der Waals surface area contributed by atoms with Crippen molar-refractivity contribution in [3.05, 3.63) is 48.0 Å². The van der Waals surface area contributed by atoms with E-state index in [2.05, 4.69) is 15.5 Å². The molecule has 0 spiro atoms. The average molecular weight is 415 g/mol. The molecule has 0 bridgehead atoms. The van der Waals surface area contributed by atoms with E-state index in [1.807, 2.05) is 0 Å². The Morgan fingerprint density at radius 1 is 1.23 bits per heavy atom. The Bertz CT molecular complexity index is 1000. The number of furan rings is 1. The number of sulfonamides is 1. The largest absolute Gasteiger partial charge is 0.447 e. The van der Waals surface area contributed by atoms with Crippen molar-refractivity contribution >= 4 is 43.9 Å². The maximum absolute atomic E-state index is 13.6. The van der Waals surface area contributed by atoms with Crippen LogP contribution in [0, 0.1) is 5.82 Å². The van der Waals surface area contributed by atoms with Crippen LogP contribution < -0.4 is 5.32 Å². The maximum atomic E-state index is 13.6. The van der Waals surface area contributed by atoms with Gasteiger partial charge in [-0.05, 0) is 24.3 Å². The SMILES string of the molecule is CN(C)S(=O)(=O)c1ccc(CSc2nnc(Nc3ccccc3F)s2)o1. The van der Waals surface area contributed by atoms with Gasteiger partial charge in [0.05, 0.1) is 11.4 Å². The first-order valence-electron chi connectivity index (χ1n) is 7.35. The van der Waals surface area contributed by atoms with Crippen molar-refractivity contribution < 1.29 is 17.2 Å². The molecule has 1 N–H and O–H groups in total. The molecule has 0 unspecified atom stereocenters. The molecule has 0 amide bonds. The number of aromatic nitrogens is 2. The van der Waals surface area contributed by atoms with E-state index >= 15 is 0 Å². The van der Waals surface area contributed by atoms with Gasteiger partial charge in [0.2, 0.25) is 10.2 Å². The molecule has 138 valence electrons. The van der Waals surface area contributed by atoms with Crippen molar-refractivity contribution in [2.75, 3.05) is 19.4 Å². The molecule has 1 aromatic carbocycles. The van der Waals surface area contributed by atoms with Crippen molar-refractivity contribution in [2.45, 2.75) is 15.2 Å². The van der Waals surface area contributed by atoms with Gasteiger partial charge in [-0.1, -0.05) is 35.2 Å². The zero-order valence-electron chi connectivity index (χ0n) is 13.8. The average Bonchev–Trinajstić information content (AvgIpc) is 3.24. The van der Waals surface area contributed by atoms with Gasteiger partial charge >= 0.3 is 0 Å². The highest BCUT2D eigenvalue weighted by atomic mass is 32.2. The lowest BCUT2D eigenvalue weighted by atomic mass is 10.3. The summed E-state index contributed by atoms with van der Waals surface area (Å²) in [6, 6.07) is 9.34. The van der Waals surface area contributed by atoms with Crippen molar-refractivity contribution in [2.24, 2.45) is 0 Å². The first-order chi connectivity index (χ1) is 12.4. The van der Waals surface area contributed by atoms with Crippen molar-refractivity contribution in [1.29, 1.82) is 0 Å². The van der Waals surface area contributed by atoms with Gasteiger partial charge in [0.1, 0.15) is 11.6 Å². The number of hydrogen-bond donors (Lipinski definition) is 1. The van der Waals surface area contributed by atoms with Crippen LogP contribution in [-0.2, 0) is 15.8 Å². The Labute approximate surface area is 158 Å². The number of para-hydroxylation sites is 1. The third-order valence-electron chi connectivity index (χ3n) is 3.23. The van der Waals surface area contributed by atoms with Gasteiger partial charge in [-0.15, -0.1) is 10.2 Å². The predicted molar refractivity (Wildman–Crippen MR) is 98.7 cm³/mol. The van der Waals surface area contributed by atoms with E-state index in [4.69, 9.17) is 4.42 Å². The van der Waals surface area contributed by atoms with E-state index in [9.17, 15) is 12.8 Å².